The predicted molar refractivity (Wildman–Crippen MR) is 38.5 cm³/mol. The fourth-order valence-corrected chi connectivity index (χ4v) is 0.474. The van der Waals surface area contributed by atoms with Gasteiger partial charge in [-0.05, 0) is 12.5 Å². The second kappa shape index (κ2) is 4.73. The number of hydrogen-bond donors (Lipinski definition) is 1. The van der Waals surface area contributed by atoms with Crippen molar-refractivity contribution in [3.8, 4) is 0 Å². The zero-order chi connectivity index (χ0) is 7.98. The van der Waals surface area contributed by atoms with Gasteiger partial charge in [-0.2, -0.15) is 0 Å². The summed E-state index contributed by atoms with van der Waals surface area (Å²) in [5.74, 6) is -0.307. The van der Waals surface area contributed by atoms with E-state index in [9.17, 15) is 9.59 Å². The topological polar surface area (TPSA) is 46.2 Å². The van der Waals surface area contributed by atoms with E-state index in [1.54, 1.807) is 0 Å². The summed E-state index contributed by atoms with van der Waals surface area (Å²) < 4.78 is 0. The van der Waals surface area contributed by atoms with Crippen LogP contribution < -0.4 is 5.32 Å². The van der Waals surface area contributed by atoms with Gasteiger partial charge in [0, 0.05) is 0 Å². The SMILES string of the molecule is C=CC(=O)NC(C=O)CC. The lowest BCUT2D eigenvalue weighted by Gasteiger charge is -2.06. The summed E-state index contributed by atoms with van der Waals surface area (Å²) in [5, 5.41) is 2.44. The van der Waals surface area contributed by atoms with Crippen LogP contribution in [0.1, 0.15) is 13.3 Å². The zero-order valence-electron chi connectivity index (χ0n) is 5.96. The van der Waals surface area contributed by atoms with Crippen LogP contribution >= 0.6 is 0 Å². The second-order valence-electron chi connectivity index (χ2n) is 1.86. The Bertz CT molecular complexity index is 143. The Balaban J connectivity index is 3.73. The van der Waals surface area contributed by atoms with Crippen LogP contribution in [0.15, 0.2) is 12.7 Å². The predicted octanol–water partition coefficient (Wildman–Crippen LogP) is 0.266. The first kappa shape index (κ1) is 8.88. The summed E-state index contributed by atoms with van der Waals surface area (Å²) >= 11 is 0. The first-order chi connectivity index (χ1) is 4.74. The molecule has 0 aliphatic carbocycles. The van der Waals surface area contributed by atoms with Crippen molar-refractivity contribution in [2.75, 3.05) is 0 Å². The van der Waals surface area contributed by atoms with Crippen molar-refractivity contribution < 1.29 is 9.59 Å². The van der Waals surface area contributed by atoms with Crippen molar-refractivity contribution in [3.05, 3.63) is 12.7 Å². The molecule has 0 aromatic carbocycles. The van der Waals surface area contributed by atoms with Crippen molar-refractivity contribution in [2.45, 2.75) is 19.4 Å². The molecule has 0 aromatic heterocycles. The Morgan fingerprint density at radius 3 is 2.70 bits per heavy atom. The summed E-state index contributed by atoms with van der Waals surface area (Å²) in [6, 6.07) is -0.370. The maximum Gasteiger partial charge on any atom is 0.243 e. The molecule has 0 rings (SSSR count). The molecule has 3 nitrogen and oxygen atoms in total. The van der Waals surface area contributed by atoms with E-state index in [1.807, 2.05) is 6.92 Å². The Morgan fingerprint density at radius 1 is 1.80 bits per heavy atom. The Morgan fingerprint density at radius 2 is 2.40 bits per heavy atom. The van der Waals surface area contributed by atoms with Crippen LogP contribution in [0.2, 0.25) is 0 Å². The van der Waals surface area contributed by atoms with Gasteiger partial charge in [0.2, 0.25) is 5.91 Å². The molecule has 0 spiro atoms. The molecule has 1 amide bonds. The molecule has 3 heteroatoms. The van der Waals surface area contributed by atoms with Gasteiger partial charge in [-0.3, -0.25) is 4.79 Å². The van der Waals surface area contributed by atoms with E-state index in [2.05, 4.69) is 11.9 Å². The molecule has 0 heterocycles. The van der Waals surface area contributed by atoms with E-state index in [4.69, 9.17) is 0 Å². The van der Waals surface area contributed by atoms with Crippen molar-refractivity contribution in [2.24, 2.45) is 0 Å². The van der Waals surface area contributed by atoms with Crippen molar-refractivity contribution in [1.29, 1.82) is 0 Å². The van der Waals surface area contributed by atoms with E-state index in [0.717, 1.165) is 6.08 Å². The van der Waals surface area contributed by atoms with Gasteiger partial charge in [-0.25, -0.2) is 0 Å². The molecule has 0 fully saturated rings. The molecule has 0 aliphatic heterocycles. The minimum atomic E-state index is -0.370. The number of carbonyl (C=O) groups excluding carboxylic acids is 2. The molecule has 0 radical (unpaired) electrons. The number of amides is 1. The van der Waals surface area contributed by atoms with Crippen LogP contribution in [0.4, 0.5) is 0 Å². The Hall–Kier alpha value is -1.12. The van der Waals surface area contributed by atoms with E-state index >= 15 is 0 Å². The molecule has 1 atom stereocenters. The third kappa shape index (κ3) is 3.02. The molecule has 1 unspecified atom stereocenters. The van der Waals surface area contributed by atoms with Crippen molar-refractivity contribution in [3.63, 3.8) is 0 Å². The molecular formula is C7H11NO2. The molecule has 0 aliphatic rings. The lowest BCUT2D eigenvalue weighted by molar-refractivity contribution is -0.120. The first-order valence-corrected chi connectivity index (χ1v) is 3.12. The van der Waals surface area contributed by atoms with Crippen LogP contribution in [0.5, 0.6) is 0 Å². The summed E-state index contributed by atoms with van der Waals surface area (Å²) in [5.41, 5.74) is 0. The summed E-state index contributed by atoms with van der Waals surface area (Å²) in [7, 11) is 0. The molecule has 0 aromatic rings. The van der Waals surface area contributed by atoms with E-state index in [-0.39, 0.29) is 11.9 Å². The Kier molecular flexibility index (Phi) is 4.20. The van der Waals surface area contributed by atoms with E-state index < -0.39 is 0 Å². The maximum atomic E-state index is 10.6. The van der Waals surface area contributed by atoms with Gasteiger partial charge < -0.3 is 10.1 Å². The van der Waals surface area contributed by atoms with Gasteiger partial charge in [0.05, 0.1) is 6.04 Å². The number of nitrogens with one attached hydrogen (secondary N) is 1. The highest BCUT2D eigenvalue weighted by atomic mass is 16.2. The third-order valence-corrected chi connectivity index (χ3v) is 1.12. The highest BCUT2D eigenvalue weighted by Crippen LogP contribution is 1.84. The largest absolute Gasteiger partial charge is 0.343 e. The van der Waals surface area contributed by atoms with Gasteiger partial charge in [-0.1, -0.05) is 13.5 Å². The van der Waals surface area contributed by atoms with Gasteiger partial charge in [0.1, 0.15) is 6.29 Å². The number of carbonyl (C=O) groups is 2. The molecule has 1 N–H and O–H groups in total. The first-order valence-electron chi connectivity index (χ1n) is 3.12. The highest BCUT2D eigenvalue weighted by molar-refractivity contribution is 5.88. The average Bonchev–Trinajstić information content (AvgIpc) is 1.99. The van der Waals surface area contributed by atoms with Crippen molar-refractivity contribution in [1.82, 2.24) is 5.32 Å². The van der Waals surface area contributed by atoms with Crippen molar-refractivity contribution >= 4 is 12.2 Å². The van der Waals surface area contributed by atoms with E-state index in [1.165, 1.54) is 0 Å². The smallest absolute Gasteiger partial charge is 0.243 e. The van der Waals surface area contributed by atoms with Crippen LogP contribution in [-0.2, 0) is 9.59 Å². The van der Waals surface area contributed by atoms with Crippen LogP contribution in [-0.4, -0.2) is 18.2 Å². The number of aldehydes is 1. The van der Waals surface area contributed by atoms with Gasteiger partial charge in [0.15, 0.2) is 0 Å². The summed E-state index contributed by atoms with van der Waals surface area (Å²) in [4.78, 5) is 20.7. The normalized spacial score (nSPS) is 11.7. The fraction of sp³-hybridized carbons (Fsp3) is 0.429. The lowest BCUT2D eigenvalue weighted by atomic mass is 10.2. The molecule has 0 saturated carbocycles. The molecule has 0 bridgehead atoms. The second-order valence-corrected chi connectivity index (χ2v) is 1.86. The minimum absolute atomic E-state index is 0.307. The maximum absolute atomic E-state index is 10.6. The van der Waals surface area contributed by atoms with Gasteiger partial charge in [-0.15, -0.1) is 0 Å². The standard InChI is InChI=1S/C7H11NO2/c1-3-6(5-9)8-7(10)4-2/h4-6H,2-3H2,1H3,(H,8,10). The molecule has 56 valence electrons. The summed E-state index contributed by atoms with van der Waals surface area (Å²) in [6.07, 6.45) is 2.47. The van der Waals surface area contributed by atoms with Crippen LogP contribution in [0.25, 0.3) is 0 Å². The minimum Gasteiger partial charge on any atom is -0.343 e. The zero-order valence-corrected chi connectivity index (χ0v) is 5.96. The van der Waals surface area contributed by atoms with E-state index in [0.29, 0.717) is 12.7 Å². The van der Waals surface area contributed by atoms with Crippen LogP contribution in [0.3, 0.4) is 0 Å². The molecular weight excluding hydrogens is 130 g/mol. The quantitative estimate of drug-likeness (QED) is 0.451. The average molecular weight is 141 g/mol. The fourth-order valence-electron chi connectivity index (χ4n) is 0.474. The molecule has 10 heavy (non-hydrogen) atoms. The number of rotatable bonds is 4. The highest BCUT2D eigenvalue weighted by Gasteiger charge is 2.04. The number of hydrogen-bond acceptors (Lipinski definition) is 2. The Labute approximate surface area is 60.1 Å². The van der Waals surface area contributed by atoms with Gasteiger partial charge >= 0.3 is 0 Å². The summed E-state index contributed by atoms with van der Waals surface area (Å²) in [6.45, 7) is 5.08. The van der Waals surface area contributed by atoms with Gasteiger partial charge in [0.25, 0.3) is 0 Å². The third-order valence-electron chi connectivity index (χ3n) is 1.12. The monoisotopic (exact) mass is 141 g/mol. The molecule has 0 saturated heterocycles. The lowest BCUT2D eigenvalue weighted by Crippen LogP contribution is -2.33. The van der Waals surface area contributed by atoms with Crippen LogP contribution in [0, 0.1) is 0 Å².